The molecule has 1 N–H and O–H groups in total. The molecule has 0 radical (unpaired) electrons. The third kappa shape index (κ3) is 8.37. The molecule has 47 heavy (non-hydrogen) atoms. The summed E-state index contributed by atoms with van der Waals surface area (Å²) in [5.74, 6) is -1.99. The number of amides is 2. The summed E-state index contributed by atoms with van der Waals surface area (Å²) < 4.78 is 31.6. The molecule has 2 amide bonds. The molecule has 0 saturated carbocycles. The van der Waals surface area contributed by atoms with E-state index in [0.717, 1.165) is 11.1 Å². The van der Waals surface area contributed by atoms with Gasteiger partial charge >= 0.3 is 5.97 Å². The fourth-order valence-electron chi connectivity index (χ4n) is 6.30. The Labute approximate surface area is 287 Å². The van der Waals surface area contributed by atoms with Crippen LogP contribution < -0.4 is 5.32 Å². The van der Waals surface area contributed by atoms with Gasteiger partial charge in [0, 0.05) is 34.1 Å². The van der Waals surface area contributed by atoms with E-state index in [4.69, 9.17) is 27.9 Å². The summed E-state index contributed by atoms with van der Waals surface area (Å²) in [4.78, 5) is 42.1. The van der Waals surface area contributed by atoms with Crippen molar-refractivity contribution in [3.63, 3.8) is 0 Å². The van der Waals surface area contributed by atoms with Gasteiger partial charge in [-0.1, -0.05) is 68.2 Å². The zero-order valence-corrected chi connectivity index (χ0v) is 29.8. The van der Waals surface area contributed by atoms with E-state index in [1.807, 2.05) is 44.2 Å². The Bertz CT molecular complexity index is 1710. The Morgan fingerprint density at radius 1 is 0.957 bits per heavy atom. The van der Waals surface area contributed by atoms with E-state index in [1.165, 1.54) is 7.11 Å². The molecule has 0 aromatic heterocycles. The van der Waals surface area contributed by atoms with Gasteiger partial charge in [0.15, 0.2) is 9.84 Å². The van der Waals surface area contributed by atoms with Gasteiger partial charge in [-0.15, -0.1) is 0 Å². The molecule has 0 bridgehead atoms. The molecule has 4 atom stereocenters. The van der Waals surface area contributed by atoms with Gasteiger partial charge < -0.3 is 15.0 Å². The van der Waals surface area contributed by atoms with Gasteiger partial charge in [-0.05, 0) is 85.8 Å². The van der Waals surface area contributed by atoms with Gasteiger partial charge in [0.05, 0.1) is 35.1 Å². The number of nitrogens with zero attached hydrogens (tertiary/aromatic N) is 1. The Kier molecular flexibility index (Phi) is 11.5. The maximum absolute atomic E-state index is 14.9. The number of likely N-dealkylation sites (tertiary alicyclic amines) is 1. The third-order valence-corrected chi connectivity index (χ3v) is 11.7. The second-order valence-electron chi connectivity index (χ2n) is 13.1. The molecule has 0 aliphatic carbocycles. The van der Waals surface area contributed by atoms with E-state index in [-0.39, 0.29) is 29.9 Å². The van der Waals surface area contributed by atoms with Crippen LogP contribution in [0.1, 0.15) is 80.9 Å². The van der Waals surface area contributed by atoms with E-state index in [2.05, 4.69) is 5.32 Å². The Hall–Kier alpha value is -3.40. The molecular formula is C36H42Cl2N2O6S. The van der Waals surface area contributed by atoms with Crippen molar-refractivity contribution in [3.8, 4) is 0 Å². The number of carbonyl (C=O) groups is 3. The number of benzene rings is 3. The highest BCUT2D eigenvalue weighted by molar-refractivity contribution is 7.92. The average Bonchev–Trinajstić information content (AvgIpc) is 3.01. The summed E-state index contributed by atoms with van der Waals surface area (Å²) in [7, 11) is -2.29. The highest BCUT2D eigenvalue weighted by atomic mass is 35.5. The van der Waals surface area contributed by atoms with Crippen LogP contribution in [-0.4, -0.2) is 55.3 Å². The van der Waals surface area contributed by atoms with Crippen LogP contribution >= 0.6 is 23.2 Å². The van der Waals surface area contributed by atoms with Gasteiger partial charge in [-0.2, -0.15) is 0 Å². The minimum Gasteiger partial charge on any atom is -0.465 e. The molecule has 1 saturated heterocycles. The lowest BCUT2D eigenvalue weighted by atomic mass is 9.66. The fraction of sp³-hybridized carbons (Fsp3) is 0.417. The number of anilines is 1. The lowest BCUT2D eigenvalue weighted by molar-refractivity contribution is -0.157. The van der Waals surface area contributed by atoms with Gasteiger partial charge in [-0.3, -0.25) is 9.59 Å². The molecule has 252 valence electrons. The van der Waals surface area contributed by atoms with Gasteiger partial charge in [0.25, 0.3) is 0 Å². The number of esters is 1. The van der Waals surface area contributed by atoms with Crippen molar-refractivity contribution >= 4 is 56.5 Å². The van der Waals surface area contributed by atoms with Crippen LogP contribution in [0.2, 0.25) is 10.0 Å². The largest absolute Gasteiger partial charge is 0.465 e. The first kappa shape index (κ1) is 36.4. The number of carbonyl (C=O) groups excluding carboxylic acids is 3. The maximum Gasteiger partial charge on any atom is 0.337 e. The first-order valence-electron chi connectivity index (χ1n) is 15.6. The van der Waals surface area contributed by atoms with Gasteiger partial charge in [0.1, 0.15) is 0 Å². The quantitative estimate of drug-likeness (QED) is 0.205. The van der Waals surface area contributed by atoms with E-state index in [9.17, 15) is 22.8 Å². The normalized spacial score (nSPS) is 20.7. The molecule has 4 rings (SSSR count). The minimum atomic E-state index is -3.58. The SMILES string of the molecule is COC(=O)c1ccc(NC(=O)C[C@@]2(C)C[C@H](c3cccc(Cl)c3)[C@@H](c3ccc(Cl)cc3)N([C@H](CS(=O)(=O)C(C)C)C(C)C)C2=O)cc1. The molecule has 0 unspecified atom stereocenters. The summed E-state index contributed by atoms with van der Waals surface area (Å²) in [6, 6.07) is 19.7. The maximum atomic E-state index is 14.9. The average molecular weight is 702 g/mol. The number of sulfone groups is 1. The van der Waals surface area contributed by atoms with Crippen molar-refractivity contribution in [2.45, 2.75) is 70.7 Å². The molecule has 1 fully saturated rings. The number of hydrogen-bond donors (Lipinski definition) is 1. The van der Waals surface area contributed by atoms with Crippen LogP contribution in [0, 0.1) is 11.3 Å². The van der Waals surface area contributed by atoms with Crippen molar-refractivity contribution in [2.75, 3.05) is 18.2 Å². The van der Waals surface area contributed by atoms with Crippen LogP contribution in [0.4, 0.5) is 5.69 Å². The molecule has 8 nitrogen and oxygen atoms in total. The van der Waals surface area contributed by atoms with Crippen LogP contribution in [0.15, 0.2) is 72.8 Å². The van der Waals surface area contributed by atoms with Crippen molar-refractivity contribution < 1.29 is 27.5 Å². The number of ether oxygens (including phenoxy) is 1. The van der Waals surface area contributed by atoms with Crippen LogP contribution in [0.25, 0.3) is 0 Å². The molecule has 1 aliphatic heterocycles. The van der Waals surface area contributed by atoms with E-state index in [0.29, 0.717) is 27.7 Å². The van der Waals surface area contributed by atoms with Gasteiger partial charge in [-0.25, -0.2) is 13.2 Å². The van der Waals surface area contributed by atoms with Crippen molar-refractivity contribution in [1.82, 2.24) is 4.90 Å². The lowest BCUT2D eigenvalue weighted by Gasteiger charge is -2.53. The number of halogens is 2. The number of methoxy groups -OCH3 is 1. The van der Waals surface area contributed by atoms with Crippen LogP contribution in [-0.2, 0) is 24.2 Å². The smallest absolute Gasteiger partial charge is 0.337 e. The highest BCUT2D eigenvalue weighted by Crippen LogP contribution is 2.52. The minimum absolute atomic E-state index is 0.159. The number of hydrogen-bond acceptors (Lipinski definition) is 6. The summed E-state index contributed by atoms with van der Waals surface area (Å²) in [6.07, 6.45) is 0.139. The van der Waals surface area contributed by atoms with E-state index in [1.54, 1.807) is 68.1 Å². The third-order valence-electron chi connectivity index (χ3n) is 8.98. The standard InChI is InChI=1S/C36H42Cl2N2O6S/c1-22(2)31(21-47(44,45)23(3)4)40-33(24-10-14-27(37)15-11-24)30(26-8-7-9-28(38)18-26)19-36(5,35(40)43)20-32(41)39-29-16-12-25(13-17-29)34(42)46-6/h7-18,22-23,30-31,33H,19-21H2,1-6H3,(H,39,41)/t30-,31-,33-,36-/m1/s1. The monoisotopic (exact) mass is 700 g/mol. The van der Waals surface area contributed by atoms with Crippen LogP contribution in [0.5, 0.6) is 0 Å². The molecular weight excluding hydrogens is 659 g/mol. The van der Waals surface area contributed by atoms with Crippen LogP contribution in [0.3, 0.4) is 0 Å². The Balaban J connectivity index is 1.83. The molecule has 1 aliphatic rings. The number of nitrogens with one attached hydrogen (secondary N) is 1. The number of piperidine rings is 1. The topological polar surface area (TPSA) is 110 Å². The van der Waals surface area contributed by atoms with Crippen molar-refractivity contribution in [3.05, 3.63) is 99.5 Å². The summed E-state index contributed by atoms with van der Waals surface area (Å²) >= 11 is 12.8. The summed E-state index contributed by atoms with van der Waals surface area (Å²) in [5, 5.41) is 3.28. The first-order valence-corrected chi connectivity index (χ1v) is 18.1. The highest BCUT2D eigenvalue weighted by Gasteiger charge is 2.53. The van der Waals surface area contributed by atoms with Crippen molar-refractivity contribution in [1.29, 1.82) is 0 Å². The molecule has 1 heterocycles. The predicted molar refractivity (Wildman–Crippen MR) is 187 cm³/mol. The molecule has 0 spiro atoms. The van der Waals surface area contributed by atoms with Crippen molar-refractivity contribution in [2.24, 2.45) is 11.3 Å². The summed E-state index contributed by atoms with van der Waals surface area (Å²) in [6.45, 7) is 8.88. The fourth-order valence-corrected chi connectivity index (χ4v) is 8.03. The van der Waals surface area contributed by atoms with E-state index < -0.39 is 44.5 Å². The predicted octanol–water partition coefficient (Wildman–Crippen LogP) is 7.72. The second kappa shape index (κ2) is 14.8. The molecule has 3 aromatic rings. The number of rotatable bonds is 11. The second-order valence-corrected chi connectivity index (χ2v) is 16.6. The lowest BCUT2D eigenvalue weighted by Crippen LogP contribution is -2.59. The summed E-state index contributed by atoms with van der Waals surface area (Å²) in [5.41, 5.74) is 1.26. The van der Waals surface area contributed by atoms with E-state index >= 15 is 0 Å². The first-order chi connectivity index (χ1) is 22.1. The van der Waals surface area contributed by atoms with Gasteiger partial charge in [0.2, 0.25) is 11.8 Å². The zero-order valence-electron chi connectivity index (χ0n) is 27.5. The molecule has 11 heteroatoms. The Morgan fingerprint density at radius 2 is 1.60 bits per heavy atom. The zero-order chi connectivity index (χ0) is 34.7. The molecule has 3 aromatic carbocycles. The Morgan fingerprint density at radius 3 is 2.15 bits per heavy atom.